The van der Waals surface area contributed by atoms with Gasteiger partial charge in [0.05, 0.1) is 13.5 Å². The van der Waals surface area contributed by atoms with Crippen LogP contribution in [-0.2, 0) is 11.2 Å². The molecule has 0 saturated heterocycles. The molecule has 0 saturated carbocycles. The first-order valence-corrected chi connectivity index (χ1v) is 7.69. The Morgan fingerprint density at radius 3 is 2.75 bits per heavy atom. The van der Waals surface area contributed by atoms with E-state index in [1.165, 1.54) is 0 Å². The van der Waals surface area contributed by atoms with Crippen LogP contribution in [0.5, 0.6) is 5.75 Å². The fourth-order valence-corrected chi connectivity index (χ4v) is 2.56. The smallest absolute Gasteiger partial charge is 0.224 e. The Kier molecular flexibility index (Phi) is 8.12. The first-order chi connectivity index (χ1) is 9.71. The molecule has 0 aliphatic rings. The van der Waals surface area contributed by atoms with Crippen molar-refractivity contribution in [2.24, 2.45) is 5.92 Å². The lowest BCUT2D eigenvalue weighted by Gasteiger charge is -2.16. The van der Waals surface area contributed by atoms with E-state index in [-0.39, 0.29) is 5.91 Å². The third kappa shape index (κ3) is 5.83. The van der Waals surface area contributed by atoms with Gasteiger partial charge in [-0.1, -0.05) is 31.5 Å². The highest BCUT2D eigenvalue weighted by molar-refractivity contribution is 6.17. The number of rotatable bonds is 9. The second-order valence-corrected chi connectivity index (χ2v) is 5.30. The topological polar surface area (TPSA) is 38.3 Å². The summed E-state index contributed by atoms with van der Waals surface area (Å²) >= 11 is 5.79. The van der Waals surface area contributed by atoms with Crippen LogP contribution in [0.15, 0.2) is 24.3 Å². The second kappa shape index (κ2) is 9.65. The molecule has 3 nitrogen and oxygen atoms in total. The summed E-state index contributed by atoms with van der Waals surface area (Å²) < 4.78 is 5.25. The van der Waals surface area contributed by atoms with E-state index in [0.717, 1.165) is 30.6 Å². The number of hydrogen-bond acceptors (Lipinski definition) is 2. The van der Waals surface area contributed by atoms with Crippen LogP contribution in [0.1, 0.15) is 31.7 Å². The van der Waals surface area contributed by atoms with E-state index >= 15 is 0 Å². The maximum absolute atomic E-state index is 12.0. The SMILES string of the molecule is CCCC(CCCl)CNC(=O)Cc1ccccc1OC. The van der Waals surface area contributed by atoms with E-state index < -0.39 is 0 Å². The highest BCUT2D eigenvalue weighted by Gasteiger charge is 2.11. The second-order valence-electron chi connectivity index (χ2n) is 4.93. The summed E-state index contributed by atoms with van der Waals surface area (Å²) in [7, 11) is 1.62. The van der Waals surface area contributed by atoms with Crippen LogP contribution in [0.25, 0.3) is 0 Å². The molecule has 112 valence electrons. The molecule has 0 fully saturated rings. The van der Waals surface area contributed by atoms with Gasteiger partial charge in [-0.25, -0.2) is 0 Å². The van der Waals surface area contributed by atoms with E-state index in [4.69, 9.17) is 16.3 Å². The summed E-state index contributed by atoms with van der Waals surface area (Å²) in [5.74, 6) is 1.91. The van der Waals surface area contributed by atoms with Gasteiger partial charge in [0, 0.05) is 18.0 Å². The van der Waals surface area contributed by atoms with Gasteiger partial charge in [-0.05, 0) is 24.8 Å². The summed E-state index contributed by atoms with van der Waals surface area (Å²) in [4.78, 5) is 12.0. The van der Waals surface area contributed by atoms with Crippen LogP contribution in [0.4, 0.5) is 0 Å². The van der Waals surface area contributed by atoms with Crippen molar-refractivity contribution in [1.82, 2.24) is 5.32 Å². The molecule has 0 spiro atoms. The number of carbonyl (C=O) groups is 1. The Labute approximate surface area is 126 Å². The lowest BCUT2D eigenvalue weighted by molar-refractivity contribution is -0.120. The first kappa shape index (κ1) is 16.8. The van der Waals surface area contributed by atoms with Gasteiger partial charge in [-0.15, -0.1) is 11.6 Å². The molecule has 1 N–H and O–H groups in total. The van der Waals surface area contributed by atoms with Crippen LogP contribution < -0.4 is 10.1 Å². The predicted octanol–water partition coefficient (Wildman–Crippen LogP) is 3.40. The Balaban J connectivity index is 2.46. The number of alkyl halides is 1. The number of amides is 1. The number of ether oxygens (including phenoxy) is 1. The minimum Gasteiger partial charge on any atom is -0.496 e. The third-order valence-electron chi connectivity index (χ3n) is 3.35. The molecule has 0 heterocycles. The Morgan fingerprint density at radius 1 is 1.35 bits per heavy atom. The summed E-state index contributed by atoms with van der Waals surface area (Å²) in [5.41, 5.74) is 0.914. The van der Waals surface area contributed by atoms with Gasteiger partial charge < -0.3 is 10.1 Å². The van der Waals surface area contributed by atoms with Crippen molar-refractivity contribution in [2.75, 3.05) is 19.5 Å². The molecule has 1 aromatic rings. The van der Waals surface area contributed by atoms with Crippen molar-refractivity contribution >= 4 is 17.5 Å². The molecule has 1 aromatic carbocycles. The molecule has 0 radical (unpaired) electrons. The molecule has 1 atom stereocenters. The molecule has 0 aliphatic heterocycles. The van der Waals surface area contributed by atoms with Gasteiger partial charge in [0.25, 0.3) is 0 Å². The first-order valence-electron chi connectivity index (χ1n) is 7.15. The van der Waals surface area contributed by atoms with Crippen molar-refractivity contribution in [3.8, 4) is 5.75 Å². The minimum absolute atomic E-state index is 0.0326. The van der Waals surface area contributed by atoms with Crippen molar-refractivity contribution < 1.29 is 9.53 Å². The van der Waals surface area contributed by atoms with Crippen molar-refractivity contribution in [3.63, 3.8) is 0 Å². The maximum atomic E-state index is 12.0. The number of halogens is 1. The van der Waals surface area contributed by atoms with Gasteiger partial charge in [-0.2, -0.15) is 0 Å². The lowest BCUT2D eigenvalue weighted by Crippen LogP contribution is -2.30. The quantitative estimate of drug-likeness (QED) is 0.710. The van der Waals surface area contributed by atoms with E-state index in [9.17, 15) is 4.79 Å². The molecular weight excluding hydrogens is 274 g/mol. The van der Waals surface area contributed by atoms with Gasteiger partial charge in [0.1, 0.15) is 5.75 Å². The average molecular weight is 298 g/mol. The Hall–Kier alpha value is -1.22. The van der Waals surface area contributed by atoms with Crippen LogP contribution in [-0.4, -0.2) is 25.4 Å². The average Bonchev–Trinajstić information content (AvgIpc) is 2.46. The predicted molar refractivity (Wildman–Crippen MR) is 83.4 cm³/mol. The van der Waals surface area contributed by atoms with Crippen molar-refractivity contribution in [2.45, 2.75) is 32.6 Å². The fourth-order valence-electron chi connectivity index (χ4n) is 2.25. The number of carbonyl (C=O) groups excluding carboxylic acids is 1. The number of hydrogen-bond donors (Lipinski definition) is 1. The molecule has 1 unspecified atom stereocenters. The van der Waals surface area contributed by atoms with Crippen molar-refractivity contribution in [3.05, 3.63) is 29.8 Å². The van der Waals surface area contributed by atoms with Crippen LogP contribution in [0.2, 0.25) is 0 Å². The minimum atomic E-state index is 0.0326. The molecule has 20 heavy (non-hydrogen) atoms. The van der Waals surface area contributed by atoms with Gasteiger partial charge in [0.2, 0.25) is 5.91 Å². The normalized spacial score (nSPS) is 11.9. The largest absolute Gasteiger partial charge is 0.496 e. The third-order valence-corrected chi connectivity index (χ3v) is 3.56. The van der Waals surface area contributed by atoms with Crippen LogP contribution in [0, 0.1) is 5.92 Å². The standard InChI is InChI=1S/C16H24ClNO2/c1-3-6-13(9-10-17)12-18-16(19)11-14-7-4-5-8-15(14)20-2/h4-5,7-8,13H,3,6,9-12H2,1-2H3,(H,18,19). The number of nitrogens with one attached hydrogen (secondary N) is 1. The highest BCUT2D eigenvalue weighted by atomic mass is 35.5. The van der Waals surface area contributed by atoms with Crippen LogP contribution in [0.3, 0.4) is 0 Å². The summed E-state index contributed by atoms with van der Waals surface area (Å²) in [6.07, 6.45) is 3.51. The summed E-state index contributed by atoms with van der Waals surface area (Å²) in [5, 5.41) is 3.00. The van der Waals surface area contributed by atoms with E-state index in [1.807, 2.05) is 24.3 Å². The van der Waals surface area contributed by atoms with Gasteiger partial charge in [-0.3, -0.25) is 4.79 Å². The zero-order valence-corrected chi connectivity index (χ0v) is 13.1. The van der Waals surface area contributed by atoms with Crippen molar-refractivity contribution in [1.29, 1.82) is 0 Å². The fraction of sp³-hybridized carbons (Fsp3) is 0.562. The van der Waals surface area contributed by atoms with E-state index in [1.54, 1.807) is 7.11 Å². The number of para-hydroxylation sites is 1. The van der Waals surface area contributed by atoms with E-state index in [2.05, 4.69) is 12.2 Å². The highest BCUT2D eigenvalue weighted by Crippen LogP contribution is 2.17. The van der Waals surface area contributed by atoms with Gasteiger partial charge >= 0.3 is 0 Å². The molecule has 1 rings (SSSR count). The monoisotopic (exact) mass is 297 g/mol. The number of methoxy groups -OCH3 is 1. The Morgan fingerprint density at radius 2 is 2.10 bits per heavy atom. The molecule has 1 amide bonds. The zero-order chi connectivity index (χ0) is 14.8. The summed E-state index contributed by atoms with van der Waals surface area (Å²) in [6.45, 7) is 2.85. The maximum Gasteiger partial charge on any atom is 0.224 e. The molecule has 4 heteroatoms. The van der Waals surface area contributed by atoms with Gasteiger partial charge in [0.15, 0.2) is 0 Å². The van der Waals surface area contributed by atoms with Crippen LogP contribution >= 0.6 is 11.6 Å². The molecule has 0 aromatic heterocycles. The van der Waals surface area contributed by atoms with E-state index in [0.29, 0.717) is 24.8 Å². The zero-order valence-electron chi connectivity index (χ0n) is 12.3. The Bertz CT molecular complexity index is 403. The molecule has 0 aliphatic carbocycles. The molecule has 0 bridgehead atoms. The summed E-state index contributed by atoms with van der Waals surface area (Å²) in [6, 6.07) is 7.60. The number of benzene rings is 1. The molecular formula is C16H24ClNO2. The lowest BCUT2D eigenvalue weighted by atomic mass is 10.0.